The number of pyridine rings is 1. The zero-order chi connectivity index (χ0) is 14.0. The van der Waals surface area contributed by atoms with Crippen LogP contribution in [-0.2, 0) is 10.0 Å². The number of aromatic amines is 1. The Kier molecular flexibility index (Phi) is 3.39. The van der Waals surface area contributed by atoms with Crippen molar-refractivity contribution >= 4 is 15.7 Å². The predicted molar refractivity (Wildman–Crippen MR) is 69.0 cm³/mol. The first-order valence-corrected chi connectivity index (χ1v) is 6.84. The van der Waals surface area contributed by atoms with E-state index in [9.17, 15) is 17.6 Å². The maximum Gasteiger partial charge on any atom is 0.263 e. The molecule has 0 spiro atoms. The Morgan fingerprint density at radius 1 is 1.21 bits per heavy atom. The van der Waals surface area contributed by atoms with Gasteiger partial charge in [-0.2, -0.15) is 0 Å². The Balaban J connectivity index is 2.36. The molecule has 2 aromatic rings. The van der Waals surface area contributed by atoms with Crippen molar-refractivity contribution in [2.24, 2.45) is 0 Å². The van der Waals surface area contributed by atoms with E-state index in [2.05, 4.69) is 9.71 Å². The summed E-state index contributed by atoms with van der Waals surface area (Å²) in [5.41, 5.74) is 0.127. The molecule has 0 amide bonds. The van der Waals surface area contributed by atoms with E-state index in [-0.39, 0.29) is 10.6 Å². The molecular weight excluding hydrogens is 271 g/mol. The fraction of sp³-hybridized carbons (Fsp3) is 0.0833. The summed E-state index contributed by atoms with van der Waals surface area (Å²) < 4.78 is 39.6. The second kappa shape index (κ2) is 4.85. The van der Waals surface area contributed by atoms with Crippen LogP contribution >= 0.6 is 0 Å². The molecule has 2 N–H and O–H groups in total. The van der Waals surface area contributed by atoms with Crippen molar-refractivity contribution in [3.63, 3.8) is 0 Å². The number of halogens is 1. The first-order valence-electron chi connectivity index (χ1n) is 5.36. The smallest absolute Gasteiger partial charge is 0.263 e. The van der Waals surface area contributed by atoms with Crippen molar-refractivity contribution in [3.8, 4) is 0 Å². The summed E-state index contributed by atoms with van der Waals surface area (Å²) >= 11 is 0. The highest BCUT2D eigenvalue weighted by atomic mass is 32.2. The molecule has 0 bridgehead atoms. The molecule has 19 heavy (non-hydrogen) atoms. The Bertz CT molecular complexity index is 748. The number of H-pyrrole nitrogens is 1. The highest BCUT2D eigenvalue weighted by molar-refractivity contribution is 7.92. The van der Waals surface area contributed by atoms with Gasteiger partial charge in [0.05, 0.1) is 5.69 Å². The molecule has 0 aliphatic heterocycles. The summed E-state index contributed by atoms with van der Waals surface area (Å²) in [4.78, 5) is 13.0. The maximum absolute atomic E-state index is 13.6. The van der Waals surface area contributed by atoms with Gasteiger partial charge in [0.25, 0.3) is 10.0 Å². The largest absolute Gasteiger partial charge is 0.328 e. The number of nitrogens with one attached hydrogen (secondary N) is 2. The van der Waals surface area contributed by atoms with Crippen LogP contribution in [0.25, 0.3) is 0 Å². The number of anilines is 1. The van der Waals surface area contributed by atoms with Gasteiger partial charge in [-0.1, -0.05) is 6.07 Å². The molecule has 1 heterocycles. The lowest BCUT2D eigenvalue weighted by atomic mass is 10.2. The summed E-state index contributed by atoms with van der Waals surface area (Å²) in [5.74, 6) is -0.659. The normalized spacial score (nSPS) is 11.3. The monoisotopic (exact) mass is 282 g/mol. The quantitative estimate of drug-likeness (QED) is 0.898. The van der Waals surface area contributed by atoms with Gasteiger partial charge in [0.2, 0.25) is 5.56 Å². The lowest BCUT2D eigenvalue weighted by Gasteiger charge is -2.09. The maximum atomic E-state index is 13.6. The van der Waals surface area contributed by atoms with Crippen molar-refractivity contribution in [2.45, 2.75) is 11.8 Å². The molecule has 0 aliphatic rings. The third-order valence-corrected chi connectivity index (χ3v) is 3.80. The van der Waals surface area contributed by atoms with Gasteiger partial charge in [-0.15, -0.1) is 0 Å². The Morgan fingerprint density at radius 3 is 2.53 bits per heavy atom. The summed E-state index contributed by atoms with van der Waals surface area (Å²) in [6.45, 7) is 1.70. The minimum atomic E-state index is -3.93. The molecule has 5 nitrogen and oxygen atoms in total. The molecule has 0 radical (unpaired) electrons. The summed E-state index contributed by atoms with van der Waals surface area (Å²) in [7, 11) is -3.93. The fourth-order valence-electron chi connectivity index (χ4n) is 1.47. The highest BCUT2D eigenvalue weighted by Gasteiger charge is 2.16. The Morgan fingerprint density at radius 2 is 1.95 bits per heavy atom. The molecular formula is C12H11FN2O3S. The number of hydrogen-bond donors (Lipinski definition) is 2. The van der Waals surface area contributed by atoms with E-state index in [1.807, 2.05) is 0 Å². The first kappa shape index (κ1) is 13.3. The van der Waals surface area contributed by atoms with E-state index in [0.717, 1.165) is 18.3 Å². The number of aromatic nitrogens is 1. The fourth-order valence-corrected chi connectivity index (χ4v) is 2.50. The second-order valence-electron chi connectivity index (χ2n) is 3.98. The average Bonchev–Trinajstić information content (AvgIpc) is 2.33. The Hall–Kier alpha value is -2.15. The molecule has 1 aromatic heterocycles. The standard InChI is InChI=1S/C12H11FN2O3S/c1-8-2-4-11(10(13)6-8)15-19(17,18)9-3-5-12(16)14-7-9/h2-7,15H,1H3,(H,14,16). The van der Waals surface area contributed by atoms with Gasteiger partial charge < -0.3 is 4.98 Å². The van der Waals surface area contributed by atoms with Crippen molar-refractivity contribution in [1.29, 1.82) is 0 Å². The molecule has 1 aromatic carbocycles. The SMILES string of the molecule is Cc1ccc(NS(=O)(=O)c2ccc(=O)[nH]c2)c(F)c1. The second-order valence-corrected chi connectivity index (χ2v) is 5.66. The van der Waals surface area contributed by atoms with Crippen LogP contribution in [0.2, 0.25) is 0 Å². The molecule has 0 atom stereocenters. The topological polar surface area (TPSA) is 79.0 Å². The van der Waals surface area contributed by atoms with Crippen LogP contribution in [0.3, 0.4) is 0 Å². The molecule has 0 aliphatic carbocycles. The van der Waals surface area contributed by atoms with E-state index in [4.69, 9.17) is 0 Å². The third-order valence-electron chi connectivity index (χ3n) is 2.43. The van der Waals surface area contributed by atoms with Crippen LogP contribution < -0.4 is 10.3 Å². The summed E-state index contributed by atoms with van der Waals surface area (Å²) in [5, 5.41) is 0. The van der Waals surface area contributed by atoms with E-state index in [0.29, 0.717) is 5.56 Å². The lowest BCUT2D eigenvalue weighted by molar-refractivity contribution is 0.598. The molecule has 0 unspecified atom stereocenters. The zero-order valence-corrected chi connectivity index (χ0v) is 10.8. The third kappa shape index (κ3) is 3.00. The van der Waals surface area contributed by atoms with Crippen molar-refractivity contribution in [1.82, 2.24) is 4.98 Å². The van der Waals surface area contributed by atoms with Gasteiger partial charge in [0.15, 0.2) is 0 Å². The van der Waals surface area contributed by atoms with Crippen LogP contribution in [0, 0.1) is 12.7 Å². The van der Waals surface area contributed by atoms with Gasteiger partial charge in [0.1, 0.15) is 10.7 Å². The highest BCUT2D eigenvalue weighted by Crippen LogP contribution is 2.19. The minimum absolute atomic E-state index is 0.142. The number of hydrogen-bond acceptors (Lipinski definition) is 3. The minimum Gasteiger partial charge on any atom is -0.328 e. The molecule has 100 valence electrons. The molecule has 0 saturated carbocycles. The van der Waals surface area contributed by atoms with Gasteiger partial charge >= 0.3 is 0 Å². The number of rotatable bonds is 3. The number of benzene rings is 1. The molecule has 2 rings (SSSR count). The molecule has 0 fully saturated rings. The summed E-state index contributed by atoms with van der Waals surface area (Å²) in [6, 6.07) is 6.39. The van der Waals surface area contributed by atoms with Gasteiger partial charge in [-0.05, 0) is 30.7 Å². The Labute approximate surface area is 109 Å². The van der Waals surface area contributed by atoms with Crippen LogP contribution in [0.5, 0.6) is 0 Å². The molecule has 7 heteroatoms. The van der Waals surface area contributed by atoms with Gasteiger partial charge in [-0.3, -0.25) is 9.52 Å². The van der Waals surface area contributed by atoms with Crippen molar-refractivity contribution < 1.29 is 12.8 Å². The van der Waals surface area contributed by atoms with Crippen LogP contribution in [-0.4, -0.2) is 13.4 Å². The van der Waals surface area contributed by atoms with E-state index < -0.39 is 21.4 Å². The van der Waals surface area contributed by atoms with Crippen molar-refractivity contribution in [3.05, 3.63) is 58.3 Å². The molecule has 0 saturated heterocycles. The van der Waals surface area contributed by atoms with Crippen LogP contribution in [0.4, 0.5) is 10.1 Å². The van der Waals surface area contributed by atoms with Crippen molar-refractivity contribution in [2.75, 3.05) is 4.72 Å². The van der Waals surface area contributed by atoms with Crippen LogP contribution in [0.1, 0.15) is 5.56 Å². The van der Waals surface area contributed by atoms with Gasteiger partial charge in [-0.25, -0.2) is 12.8 Å². The predicted octanol–water partition coefficient (Wildman–Crippen LogP) is 1.62. The first-order chi connectivity index (χ1) is 8.88. The number of sulfonamides is 1. The van der Waals surface area contributed by atoms with Gasteiger partial charge in [0, 0.05) is 12.3 Å². The van der Waals surface area contributed by atoms with Crippen LogP contribution in [0.15, 0.2) is 46.2 Å². The summed E-state index contributed by atoms with van der Waals surface area (Å²) in [6.07, 6.45) is 1.05. The van der Waals surface area contributed by atoms with E-state index >= 15 is 0 Å². The number of aryl methyl sites for hydroxylation is 1. The average molecular weight is 282 g/mol. The van der Waals surface area contributed by atoms with E-state index in [1.165, 1.54) is 12.1 Å². The zero-order valence-electron chi connectivity index (χ0n) is 9.98. The lowest BCUT2D eigenvalue weighted by Crippen LogP contribution is -2.16. The van der Waals surface area contributed by atoms with E-state index in [1.54, 1.807) is 13.0 Å².